The normalized spacial score (nSPS) is 12.7. The van der Waals surface area contributed by atoms with Crippen molar-refractivity contribution in [3.63, 3.8) is 0 Å². The molecule has 0 heterocycles. The minimum Gasteiger partial charge on any atom is -0.370 e. The van der Waals surface area contributed by atoms with Crippen molar-refractivity contribution < 1.29 is 13.2 Å². The molecule has 0 spiro atoms. The topological polar surface area (TPSA) is 50.4 Å². The SMILES string of the molecule is CCCCCCCCN=C(N)NCCCCC(F)(F)F. The van der Waals surface area contributed by atoms with E-state index in [4.69, 9.17) is 5.73 Å². The first kappa shape index (κ1) is 19.1. The summed E-state index contributed by atoms with van der Waals surface area (Å²) in [6, 6.07) is 0. The molecule has 20 heavy (non-hydrogen) atoms. The number of hydrogen-bond acceptors (Lipinski definition) is 1. The fourth-order valence-electron chi connectivity index (χ4n) is 1.81. The van der Waals surface area contributed by atoms with Crippen LogP contribution in [0.15, 0.2) is 4.99 Å². The van der Waals surface area contributed by atoms with Crippen molar-refractivity contribution in [3.8, 4) is 0 Å². The number of alkyl halides is 3. The van der Waals surface area contributed by atoms with E-state index in [0.29, 0.717) is 25.5 Å². The molecule has 3 nitrogen and oxygen atoms in total. The molecule has 0 aromatic carbocycles. The number of rotatable bonds is 11. The first-order chi connectivity index (χ1) is 9.45. The van der Waals surface area contributed by atoms with Gasteiger partial charge in [0.2, 0.25) is 0 Å². The number of nitrogens with two attached hydrogens (primary N) is 1. The van der Waals surface area contributed by atoms with Crippen LogP contribution >= 0.6 is 0 Å². The molecule has 0 saturated heterocycles. The van der Waals surface area contributed by atoms with Crippen LogP contribution in [0.4, 0.5) is 13.2 Å². The minimum absolute atomic E-state index is 0.126. The molecule has 0 bridgehead atoms. The molecule has 0 atom stereocenters. The smallest absolute Gasteiger partial charge is 0.370 e. The highest BCUT2D eigenvalue weighted by atomic mass is 19.4. The van der Waals surface area contributed by atoms with Crippen molar-refractivity contribution in [1.82, 2.24) is 5.32 Å². The second-order valence-electron chi connectivity index (χ2n) is 5.03. The lowest BCUT2D eigenvalue weighted by Gasteiger charge is -2.07. The zero-order valence-electron chi connectivity index (χ0n) is 12.4. The average molecular weight is 295 g/mol. The molecule has 0 saturated carbocycles. The quantitative estimate of drug-likeness (QED) is 0.344. The summed E-state index contributed by atoms with van der Waals surface area (Å²) in [6.07, 6.45) is 2.98. The summed E-state index contributed by atoms with van der Waals surface area (Å²) in [6.45, 7) is 3.32. The first-order valence-electron chi connectivity index (χ1n) is 7.56. The second kappa shape index (κ2) is 11.9. The molecule has 0 rings (SSSR count). The zero-order valence-corrected chi connectivity index (χ0v) is 12.4. The van der Waals surface area contributed by atoms with Crippen LogP contribution in [0.2, 0.25) is 0 Å². The summed E-state index contributed by atoms with van der Waals surface area (Å²) in [5.41, 5.74) is 5.62. The van der Waals surface area contributed by atoms with Gasteiger partial charge in [-0.15, -0.1) is 0 Å². The number of hydrogen-bond donors (Lipinski definition) is 2. The number of nitrogens with one attached hydrogen (secondary N) is 1. The van der Waals surface area contributed by atoms with Gasteiger partial charge in [0.05, 0.1) is 0 Å². The third kappa shape index (κ3) is 15.1. The lowest BCUT2D eigenvalue weighted by atomic mass is 10.1. The lowest BCUT2D eigenvalue weighted by Crippen LogP contribution is -2.32. The van der Waals surface area contributed by atoms with Crippen molar-refractivity contribution in [2.75, 3.05) is 13.1 Å². The van der Waals surface area contributed by atoms with Crippen molar-refractivity contribution in [2.24, 2.45) is 10.7 Å². The predicted octanol–water partition coefficient (Wildman–Crippen LogP) is 3.98. The van der Waals surface area contributed by atoms with Gasteiger partial charge in [-0.3, -0.25) is 4.99 Å². The van der Waals surface area contributed by atoms with Crippen molar-refractivity contribution in [2.45, 2.75) is 70.9 Å². The van der Waals surface area contributed by atoms with Gasteiger partial charge >= 0.3 is 6.18 Å². The second-order valence-corrected chi connectivity index (χ2v) is 5.03. The van der Waals surface area contributed by atoms with E-state index in [0.717, 1.165) is 12.8 Å². The fourth-order valence-corrected chi connectivity index (χ4v) is 1.81. The van der Waals surface area contributed by atoms with Crippen LogP contribution in [-0.2, 0) is 0 Å². The van der Waals surface area contributed by atoms with Crippen LogP contribution in [0, 0.1) is 0 Å². The van der Waals surface area contributed by atoms with E-state index in [1.165, 1.54) is 25.7 Å². The Bertz CT molecular complexity index is 253. The van der Waals surface area contributed by atoms with Crippen LogP contribution < -0.4 is 11.1 Å². The summed E-state index contributed by atoms with van der Waals surface area (Å²) >= 11 is 0. The number of unbranched alkanes of at least 4 members (excludes halogenated alkanes) is 6. The van der Waals surface area contributed by atoms with Crippen LogP contribution in [0.3, 0.4) is 0 Å². The maximum Gasteiger partial charge on any atom is 0.389 e. The van der Waals surface area contributed by atoms with E-state index in [1.807, 2.05) is 0 Å². The predicted molar refractivity (Wildman–Crippen MR) is 77.8 cm³/mol. The molecule has 0 aliphatic carbocycles. The Labute approximate surface area is 120 Å². The summed E-state index contributed by atoms with van der Waals surface area (Å²) in [5, 5.41) is 2.84. The lowest BCUT2D eigenvalue weighted by molar-refractivity contribution is -0.135. The van der Waals surface area contributed by atoms with Gasteiger partial charge in [0, 0.05) is 19.5 Å². The van der Waals surface area contributed by atoms with Gasteiger partial charge < -0.3 is 11.1 Å². The van der Waals surface area contributed by atoms with Gasteiger partial charge in [0.25, 0.3) is 0 Å². The molecule has 0 radical (unpaired) electrons. The molecular weight excluding hydrogens is 267 g/mol. The summed E-state index contributed by atoms with van der Waals surface area (Å²) in [4.78, 5) is 4.15. The third-order valence-electron chi connectivity index (χ3n) is 2.99. The maximum absolute atomic E-state index is 11.9. The summed E-state index contributed by atoms with van der Waals surface area (Å²) in [5.74, 6) is 0.338. The Morgan fingerprint density at radius 3 is 2.30 bits per heavy atom. The van der Waals surface area contributed by atoms with Gasteiger partial charge in [0.1, 0.15) is 0 Å². The summed E-state index contributed by atoms with van der Waals surface area (Å²) in [7, 11) is 0. The summed E-state index contributed by atoms with van der Waals surface area (Å²) < 4.78 is 35.7. The van der Waals surface area contributed by atoms with Crippen LogP contribution in [-0.4, -0.2) is 25.2 Å². The van der Waals surface area contributed by atoms with Gasteiger partial charge in [-0.05, 0) is 19.3 Å². The van der Waals surface area contributed by atoms with Gasteiger partial charge in [-0.2, -0.15) is 13.2 Å². The number of nitrogens with zero attached hydrogens (tertiary/aromatic N) is 1. The Morgan fingerprint density at radius 1 is 1.00 bits per heavy atom. The number of aliphatic imine (C=N–C) groups is 1. The highest BCUT2D eigenvalue weighted by molar-refractivity contribution is 5.77. The monoisotopic (exact) mass is 295 g/mol. The molecule has 6 heteroatoms. The Morgan fingerprint density at radius 2 is 1.65 bits per heavy atom. The maximum atomic E-state index is 11.9. The van der Waals surface area contributed by atoms with Gasteiger partial charge in [-0.25, -0.2) is 0 Å². The number of guanidine groups is 1. The first-order valence-corrected chi connectivity index (χ1v) is 7.56. The third-order valence-corrected chi connectivity index (χ3v) is 2.99. The molecule has 0 unspecified atom stereocenters. The Kier molecular flexibility index (Phi) is 11.3. The van der Waals surface area contributed by atoms with E-state index in [-0.39, 0.29) is 6.42 Å². The molecular formula is C14H28F3N3. The highest BCUT2D eigenvalue weighted by Gasteiger charge is 2.25. The molecule has 0 amide bonds. The largest absolute Gasteiger partial charge is 0.389 e. The van der Waals surface area contributed by atoms with Crippen molar-refractivity contribution in [3.05, 3.63) is 0 Å². The molecule has 0 aliphatic rings. The highest BCUT2D eigenvalue weighted by Crippen LogP contribution is 2.21. The molecule has 0 aromatic heterocycles. The van der Waals surface area contributed by atoms with E-state index >= 15 is 0 Å². The van der Waals surface area contributed by atoms with E-state index in [1.54, 1.807) is 0 Å². The fraction of sp³-hybridized carbons (Fsp3) is 0.929. The van der Waals surface area contributed by atoms with Crippen LogP contribution in [0.1, 0.15) is 64.7 Å². The number of halogens is 3. The molecule has 0 fully saturated rings. The Balaban J connectivity index is 3.38. The van der Waals surface area contributed by atoms with Gasteiger partial charge in [-0.1, -0.05) is 39.0 Å². The Hall–Kier alpha value is -0.940. The molecule has 0 aliphatic heterocycles. The molecule has 0 aromatic rings. The zero-order chi connectivity index (χ0) is 15.3. The molecule has 3 N–H and O–H groups in total. The van der Waals surface area contributed by atoms with Gasteiger partial charge in [0.15, 0.2) is 5.96 Å². The van der Waals surface area contributed by atoms with Crippen LogP contribution in [0.25, 0.3) is 0 Å². The van der Waals surface area contributed by atoms with Crippen molar-refractivity contribution >= 4 is 5.96 Å². The average Bonchev–Trinajstić information content (AvgIpc) is 2.36. The standard InChI is InChI=1S/C14H28F3N3/c1-2-3-4-5-6-8-11-19-13(18)20-12-9-7-10-14(15,16)17/h2-12H2,1H3,(H3,18,19,20). The van der Waals surface area contributed by atoms with E-state index in [9.17, 15) is 13.2 Å². The minimum atomic E-state index is -4.06. The van der Waals surface area contributed by atoms with E-state index in [2.05, 4.69) is 17.2 Å². The van der Waals surface area contributed by atoms with E-state index < -0.39 is 12.6 Å². The van der Waals surface area contributed by atoms with Crippen LogP contribution in [0.5, 0.6) is 0 Å². The van der Waals surface area contributed by atoms with Crippen molar-refractivity contribution in [1.29, 1.82) is 0 Å². The molecule has 120 valence electrons.